The van der Waals surface area contributed by atoms with Crippen molar-refractivity contribution in [1.29, 1.82) is 0 Å². The molecule has 6 heteroatoms. The van der Waals surface area contributed by atoms with Crippen LogP contribution in [0.5, 0.6) is 0 Å². The fourth-order valence-electron chi connectivity index (χ4n) is 1.15. The van der Waals surface area contributed by atoms with E-state index >= 15 is 0 Å². The maximum Gasteiger partial charge on any atom is 0.240 e. The summed E-state index contributed by atoms with van der Waals surface area (Å²) in [5.74, 6) is 0. The van der Waals surface area contributed by atoms with Gasteiger partial charge in [0.15, 0.2) is 0 Å². The first-order chi connectivity index (χ1) is 7.49. The third kappa shape index (κ3) is 3.45. The van der Waals surface area contributed by atoms with Crippen molar-refractivity contribution in [3.8, 4) is 0 Å². The Hall–Kier alpha value is -0.620. The molecule has 1 atom stereocenters. The summed E-state index contributed by atoms with van der Waals surface area (Å²) in [6, 6.07) is 5.41. The Bertz CT molecular complexity index is 426. The molecule has 4 nitrogen and oxygen atoms in total. The van der Waals surface area contributed by atoms with E-state index in [0.717, 1.165) is 0 Å². The van der Waals surface area contributed by atoms with Gasteiger partial charge in [-0.15, -0.1) is 0 Å². The predicted molar refractivity (Wildman–Crippen MR) is 62.9 cm³/mol. The first-order valence-electron chi connectivity index (χ1n) is 4.88. The Morgan fingerprint density at radius 3 is 2.38 bits per heavy atom. The van der Waals surface area contributed by atoms with Crippen LogP contribution in [0.25, 0.3) is 0 Å². The topological polar surface area (TPSA) is 66.4 Å². The van der Waals surface area contributed by atoms with E-state index in [1.807, 2.05) is 0 Å². The van der Waals surface area contributed by atoms with Crippen LogP contribution in [0.2, 0.25) is 5.02 Å². The molecule has 0 aromatic heterocycles. The maximum absolute atomic E-state index is 11.8. The lowest BCUT2D eigenvalue weighted by Gasteiger charge is -2.14. The summed E-state index contributed by atoms with van der Waals surface area (Å²) in [6.07, 6.45) is 0.531. The fourth-order valence-corrected chi connectivity index (χ4v) is 2.59. The van der Waals surface area contributed by atoms with Gasteiger partial charge in [0.2, 0.25) is 10.0 Å². The van der Waals surface area contributed by atoms with Crippen molar-refractivity contribution in [3.63, 3.8) is 0 Å². The van der Waals surface area contributed by atoms with E-state index < -0.39 is 16.1 Å². The second-order valence-corrected chi connectivity index (χ2v) is 5.51. The lowest BCUT2D eigenvalue weighted by Crippen LogP contribution is -2.36. The van der Waals surface area contributed by atoms with E-state index in [-0.39, 0.29) is 11.5 Å². The number of sulfonamides is 1. The van der Waals surface area contributed by atoms with Crippen molar-refractivity contribution >= 4 is 21.6 Å². The Labute approximate surface area is 100 Å². The molecule has 0 heterocycles. The van der Waals surface area contributed by atoms with Crippen molar-refractivity contribution < 1.29 is 13.5 Å². The first-order valence-corrected chi connectivity index (χ1v) is 6.74. The van der Waals surface area contributed by atoms with Crippen LogP contribution in [0, 0.1) is 0 Å². The zero-order valence-corrected chi connectivity index (χ0v) is 10.4. The number of hydrogen-bond acceptors (Lipinski definition) is 3. The highest BCUT2D eigenvalue weighted by atomic mass is 35.5. The molecule has 1 aromatic carbocycles. The van der Waals surface area contributed by atoms with Gasteiger partial charge in [0.1, 0.15) is 0 Å². The van der Waals surface area contributed by atoms with E-state index in [1.54, 1.807) is 6.92 Å². The summed E-state index contributed by atoms with van der Waals surface area (Å²) in [5, 5.41) is 9.41. The van der Waals surface area contributed by atoms with Gasteiger partial charge in [0.25, 0.3) is 0 Å². The number of aliphatic hydroxyl groups is 1. The first kappa shape index (κ1) is 13.4. The smallest absolute Gasteiger partial charge is 0.240 e. The molecule has 0 saturated carbocycles. The third-order valence-corrected chi connectivity index (χ3v) is 3.95. The molecule has 0 aliphatic rings. The Balaban J connectivity index is 2.89. The molecular weight excluding hydrogens is 250 g/mol. The molecule has 1 rings (SSSR count). The highest BCUT2D eigenvalue weighted by Gasteiger charge is 2.17. The van der Waals surface area contributed by atoms with E-state index in [1.165, 1.54) is 24.3 Å². The number of benzene rings is 1. The zero-order valence-electron chi connectivity index (χ0n) is 8.85. The van der Waals surface area contributed by atoms with Gasteiger partial charge in [-0.25, -0.2) is 13.1 Å². The summed E-state index contributed by atoms with van der Waals surface area (Å²) in [6.45, 7) is 1.58. The van der Waals surface area contributed by atoms with E-state index in [4.69, 9.17) is 16.7 Å². The summed E-state index contributed by atoms with van der Waals surface area (Å²) >= 11 is 5.67. The normalized spacial score (nSPS) is 13.7. The van der Waals surface area contributed by atoms with Crippen LogP contribution in [-0.2, 0) is 10.0 Å². The summed E-state index contributed by atoms with van der Waals surface area (Å²) in [5.41, 5.74) is 0. The minimum Gasteiger partial charge on any atom is -0.395 e. The van der Waals surface area contributed by atoms with Crippen molar-refractivity contribution in [2.24, 2.45) is 0 Å². The molecule has 90 valence electrons. The zero-order chi connectivity index (χ0) is 12.2. The molecule has 0 saturated heterocycles. The predicted octanol–water partition coefficient (Wildman–Crippen LogP) is 1.39. The van der Waals surface area contributed by atoms with Crippen LogP contribution in [0.3, 0.4) is 0 Å². The minimum atomic E-state index is -3.57. The number of rotatable bonds is 5. The Kier molecular flexibility index (Phi) is 4.73. The molecule has 0 unspecified atom stereocenters. The highest BCUT2D eigenvalue weighted by Crippen LogP contribution is 2.14. The molecular formula is C10H14ClNO3S. The van der Waals surface area contributed by atoms with Gasteiger partial charge >= 0.3 is 0 Å². The molecule has 1 aromatic rings. The lowest BCUT2D eigenvalue weighted by atomic mass is 10.3. The van der Waals surface area contributed by atoms with Gasteiger partial charge in [-0.05, 0) is 30.7 Å². The molecule has 0 aliphatic heterocycles. The van der Waals surface area contributed by atoms with Crippen LogP contribution < -0.4 is 4.72 Å². The second kappa shape index (κ2) is 5.63. The van der Waals surface area contributed by atoms with E-state index in [9.17, 15) is 8.42 Å². The van der Waals surface area contributed by atoms with Gasteiger partial charge in [-0.3, -0.25) is 0 Å². The molecule has 2 N–H and O–H groups in total. The second-order valence-electron chi connectivity index (χ2n) is 3.36. The number of aliphatic hydroxyl groups excluding tert-OH is 1. The number of halogens is 1. The van der Waals surface area contributed by atoms with Crippen LogP contribution in [0.1, 0.15) is 13.3 Å². The Morgan fingerprint density at radius 1 is 1.38 bits per heavy atom. The quantitative estimate of drug-likeness (QED) is 0.844. The van der Waals surface area contributed by atoms with Gasteiger partial charge in [-0.2, -0.15) is 0 Å². The monoisotopic (exact) mass is 263 g/mol. The lowest BCUT2D eigenvalue weighted by molar-refractivity contribution is 0.254. The third-order valence-electron chi connectivity index (χ3n) is 2.16. The minimum absolute atomic E-state index is 0.142. The van der Waals surface area contributed by atoms with Crippen LogP contribution >= 0.6 is 11.6 Å². The van der Waals surface area contributed by atoms with E-state index in [0.29, 0.717) is 11.4 Å². The standard InChI is InChI=1S/C10H14ClNO3S/c1-2-9(7-13)12-16(14,15)10-5-3-8(11)4-6-10/h3-6,9,12-13H,2,7H2,1H3/t9-/m0/s1. The van der Waals surface area contributed by atoms with Crippen LogP contribution in [0.15, 0.2) is 29.2 Å². The summed E-state index contributed by atoms with van der Waals surface area (Å²) < 4.78 is 26.0. The molecule has 0 aliphatic carbocycles. The molecule has 0 amide bonds. The van der Waals surface area contributed by atoms with E-state index in [2.05, 4.69) is 4.72 Å². The van der Waals surface area contributed by atoms with Crippen LogP contribution in [0.4, 0.5) is 0 Å². The largest absolute Gasteiger partial charge is 0.395 e. The molecule has 0 bridgehead atoms. The molecule has 0 radical (unpaired) electrons. The average Bonchev–Trinajstić information content (AvgIpc) is 2.26. The summed E-state index contributed by atoms with van der Waals surface area (Å²) in [7, 11) is -3.57. The summed E-state index contributed by atoms with van der Waals surface area (Å²) in [4.78, 5) is 0.142. The SMILES string of the molecule is CC[C@@H](CO)NS(=O)(=O)c1ccc(Cl)cc1. The van der Waals surface area contributed by atoms with Crippen molar-refractivity contribution in [2.45, 2.75) is 24.3 Å². The number of hydrogen-bond donors (Lipinski definition) is 2. The fraction of sp³-hybridized carbons (Fsp3) is 0.400. The van der Waals surface area contributed by atoms with Gasteiger partial charge in [-0.1, -0.05) is 18.5 Å². The van der Waals surface area contributed by atoms with Gasteiger partial charge in [0, 0.05) is 11.1 Å². The van der Waals surface area contributed by atoms with Crippen LogP contribution in [-0.4, -0.2) is 26.2 Å². The Morgan fingerprint density at radius 2 is 1.94 bits per heavy atom. The maximum atomic E-state index is 11.8. The van der Waals surface area contributed by atoms with Crippen molar-refractivity contribution in [2.75, 3.05) is 6.61 Å². The van der Waals surface area contributed by atoms with Crippen molar-refractivity contribution in [1.82, 2.24) is 4.72 Å². The van der Waals surface area contributed by atoms with Crippen molar-refractivity contribution in [3.05, 3.63) is 29.3 Å². The number of nitrogens with one attached hydrogen (secondary N) is 1. The average molecular weight is 264 g/mol. The highest BCUT2D eigenvalue weighted by molar-refractivity contribution is 7.89. The van der Waals surface area contributed by atoms with Gasteiger partial charge < -0.3 is 5.11 Å². The molecule has 0 spiro atoms. The molecule has 0 fully saturated rings. The van der Waals surface area contributed by atoms with Gasteiger partial charge in [0.05, 0.1) is 11.5 Å². The molecule has 16 heavy (non-hydrogen) atoms.